The van der Waals surface area contributed by atoms with Crippen LogP contribution < -0.4 is 0 Å². The summed E-state index contributed by atoms with van der Waals surface area (Å²) < 4.78 is 19.0. The Labute approximate surface area is 175 Å². The van der Waals surface area contributed by atoms with Crippen molar-refractivity contribution in [3.05, 3.63) is 83.6 Å². The monoisotopic (exact) mass is 408 g/mol. The Balaban J connectivity index is 1.37. The molecular formula is C23H25FN4O2. The number of rotatable bonds is 7. The molecule has 156 valence electrons. The van der Waals surface area contributed by atoms with Gasteiger partial charge in [0, 0.05) is 25.7 Å². The van der Waals surface area contributed by atoms with Crippen LogP contribution in [0.15, 0.2) is 59.3 Å². The molecule has 1 atom stereocenters. The third-order valence-corrected chi connectivity index (χ3v) is 5.28. The van der Waals surface area contributed by atoms with Crippen molar-refractivity contribution in [3.8, 4) is 0 Å². The molecule has 1 aliphatic rings. The van der Waals surface area contributed by atoms with Crippen LogP contribution in [-0.4, -0.2) is 45.8 Å². The summed E-state index contributed by atoms with van der Waals surface area (Å²) in [5, 5.41) is 0. The Morgan fingerprint density at radius 3 is 2.83 bits per heavy atom. The number of benzene rings is 1. The first kappa shape index (κ1) is 20.2. The molecule has 3 aromatic rings. The van der Waals surface area contributed by atoms with E-state index in [-0.39, 0.29) is 17.8 Å². The molecule has 2 aromatic heterocycles. The van der Waals surface area contributed by atoms with Gasteiger partial charge in [0.15, 0.2) is 0 Å². The number of likely N-dealkylation sites (tertiary alicyclic amines) is 1. The normalized spacial score (nSPS) is 16.4. The van der Waals surface area contributed by atoms with Crippen molar-refractivity contribution in [1.82, 2.24) is 19.8 Å². The van der Waals surface area contributed by atoms with E-state index < -0.39 is 0 Å². The lowest BCUT2D eigenvalue weighted by molar-refractivity contribution is -0.133. The van der Waals surface area contributed by atoms with Crippen LogP contribution in [0.2, 0.25) is 0 Å². The van der Waals surface area contributed by atoms with Crippen LogP contribution in [0.3, 0.4) is 0 Å². The zero-order chi connectivity index (χ0) is 20.9. The third-order valence-electron chi connectivity index (χ3n) is 5.28. The Hall–Kier alpha value is -3.06. The summed E-state index contributed by atoms with van der Waals surface area (Å²) in [4.78, 5) is 25.5. The van der Waals surface area contributed by atoms with Gasteiger partial charge in [-0.25, -0.2) is 9.37 Å². The van der Waals surface area contributed by atoms with Gasteiger partial charge in [-0.2, -0.15) is 0 Å². The lowest BCUT2D eigenvalue weighted by Crippen LogP contribution is -2.38. The topological polar surface area (TPSA) is 62.5 Å². The number of aromatic nitrogens is 2. The lowest BCUT2D eigenvalue weighted by atomic mass is 10.1. The Bertz CT molecular complexity index is 974. The van der Waals surface area contributed by atoms with Gasteiger partial charge in [-0.15, -0.1) is 0 Å². The molecule has 0 spiro atoms. The van der Waals surface area contributed by atoms with Crippen molar-refractivity contribution >= 4 is 5.91 Å². The van der Waals surface area contributed by atoms with Gasteiger partial charge in [0.1, 0.15) is 17.6 Å². The number of amides is 1. The summed E-state index contributed by atoms with van der Waals surface area (Å²) in [7, 11) is 1.92. The summed E-state index contributed by atoms with van der Waals surface area (Å²) in [6.07, 6.45) is 5.77. The fraction of sp³-hybridized carbons (Fsp3) is 0.348. The largest absolute Gasteiger partial charge is 0.443 e. The first-order chi connectivity index (χ1) is 14.6. The van der Waals surface area contributed by atoms with E-state index in [1.165, 1.54) is 12.1 Å². The summed E-state index contributed by atoms with van der Waals surface area (Å²) in [5.74, 6) is 1.09. The van der Waals surface area contributed by atoms with Gasteiger partial charge in [-0.1, -0.05) is 18.2 Å². The number of pyridine rings is 1. The van der Waals surface area contributed by atoms with Crippen LogP contribution in [0.5, 0.6) is 0 Å². The maximum absolute atomic E-state index is 13.1. The molecule has 0 N–H and O–H groups in total. The number of hydrogen-bond acceptors (Lipinski definition) is 5. The molecule has 1 aliphatic heterocycles. The number of nitrogens with zero attached hydrogens (tertiary/aromatic N) is 4. The first-order valence-electron chi connectivity index (χ1n) is 10.2. The molecule has 0 saturated carbocycles. The van der Waals surface area contributed by atoms with Gasteiger partial charge in [0.05, 0.1) is 18.4 Å². The minimum absolute atomic E-state index is 0.0641. The van der Waals surface area contributed by atoms with Gasteiger partial charge in [-0.3, -0.25) is 14.7 Å². The third kappa shape index (κ3) is 4.91. The van der Waals surface area contributed by atoms with Crippen LogP contribution >= 0.6 is 0 Å². The maximum atomic E-state index is 13.1. The number of oxazole rings is 1. The van der Waals surface area contributed by atoms with Crippen LogP contribution in [0, 0.1) is 5.82 Å². The molecular weight excluding hydrogens is 383 g/mol. The van der Waals surface area contributed by atoms with Crippen LogP contribution in [0.4, 0.5) is 4.39 Å². The van der Waals surface area contributed by atoms with E-state index in [4.69, 9.17) is 4.42 Å². The second kappa shape index (κ2) is 9.17. The maximum Gasteiger partial charge on any atom is 0.237 e. The summed E-state index contributed by atoms with van der Waals surface area (Å²) in [5.41, 5.74) is 1.89. The van der Waals surface area contributed by atoms with E-state index in [0.29, 0.717) is 37.7 Å². The number of carbonyl (C=O) groups is 1. The Morgan fingerprint density at radius 1 is 1.23 bits per heavy atom. The highest BCUT2D eigenvalue weighted by Crippen LogP contribution is 2.32. The van der Waals surface area contributed by atoms with Crippen molar-refractivity contribution in [2.45, 2.75) is 31.8 Å². The molecule has 0 bridgehead atoms. The minimum atomic E-state index is -0.259. The van der Waals surface area contributed by atoms with E-state index in [0.717, 1.165) is 24.1 Å². The summed E-state index contributed by atoms with van der Waals surface area (Å²) in [6.45, 7) is 1.64. The highest BCUT2D eigenvalue weighted by Gasteiger charge is 2.33. The van der Waals surface area contributed by atoms with E-state index in [9.17, 15) is 9.18 Å². The summed E-state index contributed by atoms with van der Waals surface area (Å²) in [6, 6.07) is 12.0. The molecule has 0 unspecified atom stereocenters. The molecule has 30 heavy (non-hydrogen) atoms. The average Bonchev–Trinajstić information content (AvgIpc) is 3.40. The molecule has 0 radical (unpaired) electrons. The van der Waals surface area contributed by atoms with E-state index in [1.807, 2.05) is 35.0 Å². The van der Waals surface area contributed by atoms with Gasteiger partial charge in [0.2, 0.25) is 11.8 Å². The molecule has 3 heterocycles. The second-order valence-electron chi connectivity index (χ2n) is 7.71. The molecule has 4 rings (SSSR count). The fourth-order valence-corrected chi connectivity index (χ4v) is 3.83. The quantitative estimate of drug-likeness (QED) is 0.598. The van der Waals surface area contributed by atoms with Crippen LogP contribution in [0.25, 0.3) is 0 Å². The predicted octanol–water partition coefficient (Wildman–Crippen LogP) is 3.60. The zero-order valence-corrected chi connectivity index (χ0v) is 17.0. The number of carbonyl (C=O) groups excluding carboxylic acids is 1. The van der Waals surface area contributed by atoms with Crippen molar-refractivity contribution < 1.29 is 13.6 Å². The van der Waals surface area contributed by atoms with Crippen LogP contribution in [-0.2, 0) is 17.8 Å². The average molecular weight is 408 g/mol. The fourth-order valence-electron chi connectivity index (χ4n) is 3.83. The zero-order valence-electron chi connectivity index (χ0n) is 17.0. The molecule has 1 saturated heterocycles. The molecule has 1 fully saturated rings. The van der Waals surface area contributed by atoms with Crippen molar-refractivity contribution in [2.75, 3.05) is 20.1 Å². The number of likely N-dealkylation sites (N-methyl/N-ethyl adjacent to an activating group) is 1. The highest BCUT2D eigenvalue weighted by molar-refractivity contribution is 5.79. The molecule has 0 aliphatic carbocycles. The van der Waals surface area contributed by atoms with Gasteiger partial charge in [-0.05, 0) is 49.7 Å². The Morgan fingerprint density at radius 2 is 2.07 bits per heavy atom. The SMILES string of the molecule is CN(CC(=O)N1CCC[C@@H]1c1ncc(Cc2ccc(F)cc2)o1)Cc1ccccn1. The molecule has 6 nitrogen and oxygen atoms in total. The summed E-state index contributed by atoms with van der Waals surface area (Å²) >= 11 is 0. The molecule has 1 aromatic carbocycles. The van der Waals surface area contributed by atoms with Crippen molar-refractivity contribution in [2.24, 2.45) is 0 Å². The first-order valence-corrected chi connectivity index (χ1v) is 10.2. The van der Waals surface area contributed by atoms with Crippen molar-refractivity contribution in [1.29, 1.82) is 0 Å². The smallest absolute Gasteiger partial charge is 0.237 e. The van der Waals surface area contributed by atoms with Crippen LogP contribution in [0.1, 0.15) is 41.8 Å². The van der Waals surface area contributed by atoms with E-state index >= 15 is 0 Å². The van der Waals surface area contributed by atoms with Crippen molar-refractivity contribution in [3.63, 3.8) is 0 Å². The lowest BCUT2D eigenvalue weighted by Gasteiger charge is -2.25. The van der Waals surface area contributed by atoms with E-state index in [2.05, 4.69) is 9.97 Å². The Kier molecular flexibility index (Phi) is 6.18. The van der Waals surface area contributed by atoms with Gasteiger partial charge < -0.3 is 9.32 Å². The second-order valence-corrected chi connectivity index (χ2v) is 7.71. The standard InChI is InChI=1S/C23H25FN4O2/c1-27(15-19-5-2-3-11-25-19)16-22(29)28-12-4-6-21(28)23-26-14-20(30-23)13-17-7-9-18(24)10-8-17/h2-3,5,7-11,14,21H,4,6,12-13,15-16H2,1H3/t21-/m1/s1. The minimum Gasteiger partial charge on any atom is -0.443 e. The predicted molar refractivity (Wildman–Crippen MR) is 110 cm³/mol. The van der Waals surface area contributed by atoms with Gasteiger partial charge >= 0.3 is 0 Å². The van der Waals surface area contributed by atoms with Gasteiger partial charge in [0.25, 0.3) is 0 Å². The number of hydrogen-bond donors (Lipinski definition) is 0. The van der Waals surface area contributed by atoms with E-state index in [1.54, 1.807) is 24.5 Å². The molecule has 7 heteroatoms. The molecule has 1 amide bonds. The number of halogens is 1. The highest BCUT2D eigenvalue weighted by atomic mass is 19.1.